The van der Waals surface area contributed by atoms with Gasteiger partial charge in [-0.15, -0.1) is 0 Å². The molecule has 0 atom stereocenters. The van der Waals surface area contributed by atoms with Crippen LogP contribution in [0, 0.1) is 5.41 Å². The van der Waals surface area contributed by atoms with Gasteiger partial charge in [0.2, 0.25) is 0 Å². The first-order valence-electron chi connectivity index (χ1n) is 7.64. The van der Waals surface area contributed by atoms with Gasteiger partial charge in [-0.1, -0.05) is 31.1 Å². The van der Waals surface area contributed by atoms with E-state index in [4.69, 9.17) is 9.26 Å². The highest BCUT2D eigenvalue weighted by molar-refractivity contribution is 5.93. The number of rotatable bonds is 5. The molecular formula is C16H20N4O3. The molecule has 1 aromatic carbocycles. The van der Waals surface area contributed by atoms with Gasteiger partial charge in [0.25, 0.3) is 5.89 Å². The van der Waals surface area contributed by atoms with Gasteiger partial charge in [-0.25, -0.2) is 4.79 Å². The van der Waals surface area contributed by atoms with Crippen molar-refractivity contribution in [3.05, 3.63) is 30.1 Å². The van der Waals surface area contributed by atoms with Gasteiger partial charge < -0.3 is 19.9 Å². The Morgan fingerprint density at radius 3 is 2.78 bits per heavy atom. The van der Waals surface area contributed by atoms with Crippen LogP contribution >= 0.6 is 0 Å². The summed E-state index contributed by atoms with van der Waals surface area (Å²) in [6, 6.07) is 7.08. The lowest BCUT2D eigenvalue weighted by molar-refractivity contribution is -0.0974. The van der Waals surface area contributed by atoms with Crippen LogP contribution in [0.3, 0.4) is 0 Å². The second-order valence-electron chi connectivity index (χ2n) is 6.03. The fraction of sp³-hybridized carbons (Fsp3) is 0.438. The Labute approximate surface area is 134 Å². The zero-order chi connectivity index (χ0) is 16.3. The molecule has 0 saturated carbocycles. The van der Waals surface area contributed by atoms with E-state index in [2.05, 4.69) is 27.7 Å². The maximum Gasteiger partial charge on any atom is 0.319 e. The summed E-state index contributed by atoms with van der Waals surface area (Å²) in [5.41, 5.74) is 1.36. The lowest BCUT2D eigenvalue weighted by Gasteiger charge is -2.37. The molecule has 1 aliphatic heterocycles. The minimum absolute atomic E-state index is 0.0272. The topological polar surface area (TPSA) is 89.3 Å². The fourth-order valence-corrected chi connectivity index (χ4v) is 2.30. The summed E-state index contributed by atoms with van der Waals surface area (Å²) < 4.78 is 10.4. The van der Waals surface area contributed by atoms with Crippen LogP contribution < -0.4 is 10.6 Å². The van der Waals surface area contributed by atoms with Crippen LogP contribution in [0.1, 0.15) is 19.7 Å². The number of aryl methyl sites for hydroxylation is 1. The van der Waals surface area contributed by atoms with Gasteiger partial charge in [0, 0.05) is 18.4 Å². The van der Waals surface area contributed by atoms with Gasteiger partial charge in [0.1, 0.15) is 0 Å². The molecule has 2 heterocycles. The summed E-state index contributed by atoms with van der Waals surface area (Å²) in [7, 11) is 0. The molecule has 122 valence electrons. The summed E-state index contributed by atoms with van der Waals surface area (Å²) in [6.07, 6.45) is 0.695. The Morgan fingerprint density at radius 2 is 2.13 bits per heavy atom. The Hall–Kier alpha value is -2.41. The van der Waals surface area contributed by atoms with E-state index in [0.717, 1.165) is 0 Å². The molecule has 0 radical (unpaired) electrons. The molecule has 7 nitrogen and oxygen atoms in total. The van der Waals surface area contributed by atoms with Crippen molar-refractivity contribution in [2.45, 2.75) is 20.3 Å². The second kappa shape index (κ2) is 6.37. The third-order valence-electron chi connectivity index (χ3n) is 3.77. The molecule has 1 aliphatic rings. The smallest absolute Gasteiger partial charge is 0.319 e. The van der Waals surface area contributed by atoms with Gasteiger partial charge >= 0.3 is 6.03 Å². The van der Waals surface area contributed by atoms with Crippen LogP contribution in [0.2, 0.25) is 0 Å². The lowest BCUT2D eigenvalue weighted by atomic mass is 9.89. The van der Waals surface area contributed by atoms with E-state index in [1.807, 2.05) is 25.1 Å². The summed E-state index contributed by atoms with van der Waals surface area (Å²) in [5.74, 6) is 1.04. The molecule has 0 aliphatic carbocycles. The predicted octanol–water partition coefficient (Wildman–Crippen LogP) is 2.46. The van der Waals surface area contributed by atoms with Gasteiger partial charge in [0.15, 0.2) is 5.82 Å². The highest BCUT2D eigenvalue weighted by atomic mass is 16.5. The van der Waals surface area contributed by atoms with Crippen LogP contribution in [0.5, 0.6) is 0 Å². The summed E-state index contributed by atoms with van der Waals surface area (Å²) >= 11 is 0. The molecular weight excluding hydrogens is 296 g/mol. The van der Waals surface area contributed by atoms with Crippen LogP contribution in [0.4, 0.5) is 10.5 Å². The minimum atomic E-state index is -0.263. The first-order valence-corrected chi connectivity index (χ1v) is 7.64. The van der Waals surface area contributed by atoms with Gasteiger partial charge in [-0.3, -0.25) is 0 Å². The number of hydrogen-bond acceptors (Lipinski definition) is 5. The highest BCUT2D eigenvalue weighted by Gasteiger charge is 2.33. The van der Waals surface area contributed by atoms with Crippen LogP contribution in [0.15, 0.2) is 28.8 Å². The molecule has 1 fully saturated rings. The maximum atomic E-state index is 12.1. The van der Waals surface area contributed by atoms with Crippen molar-refractivity contribution in [2.24, 2.45) is 5.41 Å². The number of urea groups is 1. The number of nitrogens with zero attached hydrogens (tertiary/aromatic N) is 2. The van der Waals surface area contributed by atoms with Gasteiger partial charge in [0.05, 0.1) is 24.5 Å². The number of amides is 2. The first kappa shape index (κ1) is 15.5. The fourth-order valence-electron chi connectivity index (χ4n) is 2.30. The van der Waals surface area contributed by atoms with Crippen molar-refractivity contribution in [1.82, 2.24) is 15.5 Å². The van der Waals surface area contributed by atoms with Crippen molar-refractivity contribution < 1.29 is 14.1 Å². The number of aromatic nitrogens is 2. The van der Waals surface area contributed by atoms with E-state index in [1.165, 1.54) is 0 Å². The van der Waals surface area contributed by atoms with Crippen LogP contribution in [-0.4, -0.2) is 35.9 Å². The Bertz CT molecular complexity index is 694. The number of anilines is 1. The van der Waals surface area contributed by atoms with E-state index in [-0.39, 0.29) is 11.4 Å². The van der Waals surface area contributed by atoms with Crippen LogP contribution in [0.25, 0.3) is 11.5 Å². The van der Waals surface area contributed by atoms with Crippen molar-refractivity contribution in [3.8, 4) is 11.5 Å². The second-order valence-corrected chi connectivity index (χ2v) is 6.03. The van der Waals surface area contributed by atoms with E-state index >= 15 is 0 Å². The number of nitrogens with one attached hydrogen (secondary N) is 2. The molecule has 2 amide bonds. The molecule has 0 bridgehead atoms. The number of ether oxygens (including phenoxy) is 1. The summed E-state index contributed by atoms with van der Waals surface area (Å²) in [6.45, 7) is 5.95. The van der Waals surface area contributed by atoms with E-state index in [9.17, 15) is 4.79 Å². The van der Waals surface area contributed by atoms with Crippen molar-refractivity contribution >= 4 is 11.7 Å². The molecule has 2 aromatic rings. The Kier molecular flexibility index (Phi) is 4.29. The first-order chi connectivity index (χ1) is 11.1. The number of para-hydroxylation sites is 1. The summed E-state index contributed by atoms with van der Waals surface area (Å²) in [5, 5.41) is 9.60. The van der Waals surface area contributed by atoms with Crippen molar-refractivity contribution in [1.29, 1.82) is 0 Å². The number of carbonyl (C=O) groups is 1. The summed E-state index contributed by atoms with van der Waals surface area (Å²) in [4.78, 5) is 16.4. The number of hydrogen-bond donors (Lipinski definition) is 2. The van der Waals surface area contributed by atoms with E-state index in [0.29, 0.717) is 49.1 Å². The van der Waals surface area contributed by atoms with Gasteiger partial charge in [-0.05, 0) is 12.1 Å². The molecule has 23 heavy (non-hydrogen) atoms. The predicted molar refractivity (Wildman–Crippen MR) is 85.1 cm³/mol. The third kappa shape index (κ3) is 3.50. The Balaban J connectivity index is 1.68. The maximum absolute atomic E-state index is 12.1. The largest absolute Gasteiger partial charge is 0.380 e. The minimum Gasteiger partial charge on any atom is -0.380 e. The average molecular weight is 316 g/mol. The molecule has 0 spiro atoms. The lowest BCUT2D eigenvalue weighted by Crippen LogP contribution is -2.49. The Morgan fingerprint density at radius 1 is 1.35 bits per heavy atom. The number of carbonyl (C=O) groups excluding carboxylic acids is 1. The molecule has 0 unspecified atom stereocenters. The zero-order valence-electron chi connectivity index (χ0n) is 13.3. The molecule has 1 saturated heterocycles. The monoisotopic (exact) mass is 316 g/mol. The van der Waals surface area contributed by atoms with Crippen molar-refractivity contribution in [3.63, 3.8) is 0 Å². The normalized spacial score (nSPS) is 15.7. The van der Waals surface area contributed by atoms with Gasteiger partial charge in [-0.2, -0.15) is 4.98 Å². The third-order valence-corrected chi connectivity index (χ3v) is 3.77. The highest BCUT2D eigenvalue weighted by Crippen LogP contribution is 2.27. The standard InChI is InChI=1S/C16H20N4O3/c1-3-13-19-14(23-20-13)11-6-4-5-7-12(11)18-15(21)17-8-16(2)9-22-10-16/h4-7H,3,8-10H2,1-2H3,(H2,17,18,21). The van der Waals surface area contributed by atoms with E-state index in [1.54, 1.807) is 6.07 Å². The SMILES string of the molecule is CCc1noc(-c2ccccc2NC(=O)NCC2(C)COC2)n1. The molecule has 2 N–H and O–H groups in total. The molecule has 3 rings (SSSR count). The van der Waals surface area contributed by atoms with Crippen LogP contribution in [-0.2, 0) is 11.2 Å². The quantitative estimate of drug-likeness (QED) is 0.884. The van der Waals surface area contributed by atoms with E-state index < -0.39 is 0 Å². The molecule has 1 aromatic heterocycles. The zero-order valence-corrected chi connectivity index (χ0v) is 13.3. The molecule has 7 heteroatoms. The van der Waals surface area contributed by atoms with Crippen molar-refractivity contribution in [2.75, 3.05) is 25.1 Å². The average Bonchev–Trinajstić information content (AvgIpc) is 3.00. The number of benzene rings is 1.